The van der Waals surface area contributed by atoms with Gasteiger partial charge in [-0.3, -0.25) is 0 Å². The van der Waals surface area contributed by atoms with Crippen LogP contribution in [-0.2, 0) is 29.0 Å². The van der Waals surface area contributed by atoms with Gasteiger partial charge in [-0.15, -0.1) is 0 Å². The molecule has 2 aromatic carbocycles. The Balaban J connectivity index is 1.60. The number of nitrogens with one attached hydrogen (secondary N) is 1. The average Bonchev–Trinajstić information content (AvgIpc) is 3.11. The number of amides is 2. The minimum atomic E-state index is -0.170. The van der Waals surface area contributed by atoms with Crippen LogP contribution in [0.3, 0.4) is 0 Å². The molecule has 160 valence electrons. The first-order valence-electron chi connectivity index (χ1n) is 10.4. The molecule has 0 bridgehead atoms. The number of urea groups is 1. The van der Waals surface area contributed by atoms with E-state index in [0.29, 0.717) is 33.0 Å². The minimum Gasteiger partial charge on any atom is -0.461 e. The number of hydrogen-bond donors (Lipinski definition) is 1. The summed E-state index contributed by atoms with van der Waals surface area (Å²) < 4.78 is 16.8. The summed E-state index contributed by atoms with van der Waals surface area (Å²) in [6, 6.07) is 15.5. The van der Waals surface area contributed by atoms with Crippen molar-refractivity contribution in [2.75, 3.05) is 32.2 Å². The van der Waals surface area contributed by atoms with E-state index in [2.05, 4.69) is 12.2 Å². The zero-order chi connectivity index (χ0) is 21.3. The van der Waals surface area contributed by atoms with E-state index in [-0.39, 0.29) is 6.03 Å². The van der Waals surface area contributed by atoms with Crippen molar-refractivity contribution in [3.63, 3.8) is 0 Å². The van der Waals surface area contributed by atoms with E-state index in [1.165, 1.54) is 0 Å². The van der Waals surface area contributed by atoms with Gasteiger partial charge >= 0.3 is 6.03 Å². The second-order valence-corrected chi connectivity index (χ2v) is 7.09. The van der Waals surface area contributed by atoms with Crippen molar-refractivity contribution in [3.8, 4) is 0 Å². The maximum Gasteiger partial charge on any atom is 0.321 e. The molecule has 3 rings (SSSR count). The number of para-hydroxylation sites is 1. The third kappa shape index (κ3) is 5.62. The Morgan fingerprint density at radius 2 is 1.87 bits per heavy atom. The first-order chi connectivity index (χ1) is 14.6. The van der Waals surface area contributed by atoms with Crippen LogP contribution in [0.15, 0.2) is 52.9 Å². The Morgan fingerprint density at radius 1 is 1.07 bits per heavy atom. The van der Waals surface area contributed by atoms with Crippen LogP contribution in [-0.4, -0.2) is 37.8 Å². The Hall–Kier alpha value is -2.83. The topological polar surface area (TPSA) is 63.9 Å². The summed E-state index contributed by atoms with van der Waals surface area (Å²) in [4.78, 5) is 14.4. The highest BCUT2D eigenvalue weighted by Gasteiger charge is 2.17. The molecule has 0 fully saturated rings. The van der Waals surface area contributed by atoms with Crippen molar-refractivity contribution in [2.24, 2.45) is 0 Å². The van der Waals surface area contributed by atoms with Gasteiger partial charge in [-0.05, 0) is 30.7 Å². The van der Waals surface area contributed by atoms with Crippen molar-refractivity contribution >= 4 is 22.7 Å². The highest BCUT2D eigenvalue weighted by atomic mass is 16.5. The summed E-state index contributed by atoms with van der Waals surface area (Å²) in [6.45, 7) is 6.79. The number of fused-ring (bicyclic) bond motifs is 1. The predicted molar refractivity (Wildman–Crippen MR) is 119 cm³/mol. The van der Waals surface area contributed by atoms with Crippen LogP contribution in [0.4, 0.5) is 10.5 Å². The molecule has 6 nitrogen and oxygen atoms in total. The number of carbonyl (C=O) groups is 1. The van der Waals surface area contributed by atoms with Crippen LogP contribution in [0, 0.1) is 0 Å². The van der Waals surface area contributed by atoms with Crippen LogP contribution >= 0.6 is 0 Å². The molecule has 0 aliphatic heterocycles. The van der Waals surface area contributed by atoms with Crippen LogP contribution < -0.4 is 5.32 Å². The maximum absolute atomic E-state index is 12.8. The number of rotatable bonds is 10. The Labute approximate surface area is 177 Å². The van der Waals surface area contributed by atoms with Crippen LogP contribution in [0.1, 0.15) is 30.7 Å². The SMILES string of the molecule is CCOCCOCc1cccc(NC(=O)N(C)Cc2c(CC)oc3ccccc23)c1. The van der Waals surface area contributed by atoms with E-state index in [1.807, 2.05) is 55.5 Å². The largest absolute Gasteiger partial charge is 0.461 e. The van der Waals surface area contributed by atoms with Gasteiger partial charge in [0.1, 0.15) is 11.3 Å². The van der Waals surface area contributed by atoms with Crippen molar-refractivity contribution in [2.45, 2.75) is 33.4 Å². The molecular formula is C24H30N2O4. The van der Waals surface area contributed by atoms with Gasteiger partial charge in [0.25, 0.3) is 0 Å². The summed E-state index contributed by atoms with van der Waals surface area (Å²) in [5.74, 6) is 0.919. The third-order valence-corrected chi connectivity index (χ3v) is 4.87. The van der Waals surface area contributed by atoms with E-state index >= 15 is 0 Å². The first kappa shape index (κ1) is 21.9. The lowest BCUT2D eigenvalue weighted by Crippen LogP contribution is -2.31. The fourth-order valence-electron chi connectivity index (χ4n) is 3.33. The predicted octanol–water partition coefficient (Wildman–Crippen LogP) is 5.21. The molecule has 3 aromatic rings. The lowest BCUT2D eigenvalue weighted by Gasteiger charge is -2.18. The molecule has 2 amide bonds. The van der Waals surface area contributed by atoms with E-state index < -0.39 is 0 Å². The van der Waals surface area contributed by atoms with Gasteiger partial charge in [-0.2, -0.15) is 0 Å². The molecule has 0 aliphatic carbocycles. The zero-order valence-electron chi connectivity index (χ0n) is 17.9. The Morgan fingerprint density at radius 3 is 2.67 bits per heavy atom. The normalized spacial score (nSPS) is 11.0. The number of furan rings is 1. The summed E-state index contributed by atoms with van der Waals surface area (Å²) in [5, 5.41) is 4.02. The van der Waals surface area contributed by atoms with Gasteiger partial charge in [-0.25, -0.2) is 4.79 Å². The van der Waals surface area contributed by atoms with E-state index in [9.17, 15) is 4.79 Å². The molecule has 0 aliphatic rings. The Bertz CT molecular complexity index is 967. The monoisotopic (exact) mass is 410 g/mol. The molecule has 0 radical (unpaired) electrons. The third-order valence-electron chi connectivity index (χ3n) is 4.87. The molecule has 30 heavy (non-hydrogen) atoms. The highest BCUT2D eigenvalue weighted by Crippen LogP contribution is 2.27. The average molecular weight is 411 g/mol. The first-order valence-corrected chi connectivity index (χ1v) is 10.4. The molecular weight excluding hydrogens is 380 g/mol. The lowest BCUT2D eigenvalue weighted by molar-refractivity contribution is 0.0453. The highest BCUT2D eigenvalue weighted by molar-refractivity contribution is 5.90. The zero-order valence-corrected chi connectivity index (χ0v) is 17.9. The fraction of sp³-hybridized carbons (Fsp3) is 0.375. The molecule has 0 saturated carbocycles. The summed E-state index contributed by atoms with van der Waals surface area (Å²) in [5.41, 5.74) is 3.66. The molecule has 0 unspecified atom stereocenters. The van der Waals surface area contributed by atoms with Crippen molar-refractivity contribution in [1.29, 1.82) is 0 Å². The summed E-state index contributed by atoms with van der Waals surface area (Å²) >= 11 is 0. The number of nitrogens with zero attached hydrogens (tertiary/aromatic N) is 1. The molecule has 0 atom stereocenters. The number of ether oxygens (including phenoxy) is 2. The summed E-state index contributed by atoms with van der Waals surface area (Å²) in [6.07, 6.45) is 0.783. The number of hydrogen-bond acceptors (Lipinski definition) is 4. The van der Waals surface area contributed by atoms with Gasteiger partial charge in [0.05, 0.1) is 26.4 Å². The minimum absolute atomic E-state index is 0.170. The summed E-state index contributed by atoms with van der Waals surface area (Å²) in [7, 11) is 1.79. The molecule has 0 saturated heterocycles. The Kier molecular flexibility index (Phi) is 7.88. The van der Waals surface area contributed by atoms with Crippen molar-refractivity contribution in [3.05, 3.63) is 65.4 Å². The fourth-order valence-corrected chi connectivity index (χ4v) is 3.33. The van der Waals surface area contributed by atoms with Crippen LogP contribution in [0.2, 0.25) is 0 Å². The maximum atomic E-state index is 12.8. The number of aryl methyl sites for hydroxylation is 1. The van der Waals surface area contributed by atoms with E-state index in [4.69, 9.17) is 13.9 Å². The molecule has 1 N–H and O–H groups in total. The van der Waals surface area contributed by atoms with E-state index in [0.717, 1.165) is 40.0 Å². The number of anilines is 1. The standard InChI is InChI=1S/C24H30N2O4/c1-4-22-21(20-11-6-7-12-23(20)30-22)16-26(3)24(27)25-19-10-8-9-18(15-19)17-29-14-13-28-5-2/h6-12,15H,4-5,13-14,16-17H2,1-3H3,(H,25,27). The van der Waals surface area contributed by atoms with Gasteiger partial charge in [0.15, 0.2) is 0 Å². The quantitative estimate of drug-likeness (QED) is 0.466. The van der Waals surface area contributed by atoms with Gasteiger partial charge in [0.2, 0.25) is 0 Å². The lowest BCUT2D eigenvalue weighted by atomic mass is 10.1. The van der Waals surface area contributed by atoms with Crippen LogP contribution in [0.25, 0.3) is 11.0 Å². The second-order valence-electron chi connectivity index (χ2n) is 7.09. The van der Waals surface area contributed by atoms with E-state index in [1.54, 1.807) is 11.9 Å². The smallest absolute Gasteiger partial charge is 0.321 e. The van der Waals surface area contributed by atoms with Crippen LogP contribution in [0.5, 0.6) is 0 Å². The molecule has 0 spiro atoms. The number of benzene rings is 2. The molecule has 1 aromatic heterocycles. The van der Waals surface area contributed by atoms with Crippen molar-refractivity contribution < 1.29 is 18.7 Å². The van der Waals surface area contributed by atoms with Crippen molar-refractivity contribution in [1.82, 2.24) is 4.90 Å². The molecule has 1 heterocycles. The second kappa shape index (κ2) is 10.8. The van der Waals surface area contributed by atoms with Gasteiger partial charge in [0, 0.05) is 36.7 Å². The molecule has 6 heteroatoms. The number of carbonyl (C=O) groups excluding carboxylic acids is 1. The van der Waals surface area contributed by atoms with Gasteiger partial charge in [-0.1, -0.05) is 37.3 Å². The van der Waals surface area contributed by atoms with Gasteiger partial charge < -0.3 is 24.1 Å².